The quantitative estimate of drug-likeness (QED) is 0.461. The predicted octanol–water partition coefficient (Wildman–Crippen LogP) is 7.20. The van der Waals surface area contributed by atoms with Crippen molar-refractivity contribution >= 4 is 0 Å². The Morgan fingerprint density at radius 1 is 1.00 bits per heavy atom. The van der Waals surface area contributed by atoms with Crippen LogP contribution in [0.4, 0.5) is 13.2 Å². The lowest BCUT2D eigenvalue weighted by Crippen LogP contribution is -2.13. The van der Waals surface area contributed by atoms with Crippen LogP contribution in [0.1, 0.15) is 75.3 Å². The maximum atomic E-state index is 12.1. The number of halogens is 3. The third kappa shape index (κ3) is 6.70. The Morgan fingerprint density at radius 3 is 2.25 bits per heavy atom. The molecule has 3 heteroatoms. The normalized spacial score (nSPS) is 22.2. The molecule has 1 aromatic rings. The van der Waals surface area contributed by atoms with Gasteiger partial charge in [-0.1, -0.05) is 49.8 Å². The van der Waals surface area contributed by atoms with Crippen molar-refractivity contribution in [2.45, 2.75) is 76.8 Å². The van der Waals surface area contributed by atoms with E-state index in [2.05, 4.69) is 31.2 Å². The molecule has 0 saturated heterocycles. The number of hydrogen-bond acceptors (Lipinski definition) is 0. The zero-order valence-electron chi connectivity index (χ0n) is 14.6. The number of hydrogen-bond donors (Lipinski definition) is 0. The standard InChI is InChI=1S/C21H29F3/c1-2-3-6-17-8-12-19(13-9-17)20-14-10-18(11-15-20)7-4-5-16-21(22,23)24/h4-5,8-9,12-13,18,20H,2-3,6-7,10-11,14-16H2,1H3/b5-4+. The molecule has 0 unspecified atom stereocenters. The molecule has 1 fully saturated rings. The molecule has 1 aromatic carbocycles. The average molecular weight is 338 g/mol. The van der Waals surface area contributed by atoms with Gasteiger partial charge in [0.1, 0.15) is 0 Å². The number of allylic oxidation sites excluding steroid dienone is 2. The second-order valence-corrected chi connectivity index (χ2v) is 7.09. The van der Waals surface area contributed by atoms with Crippen LogP contribution >= 0.6 is 0 Å². The maximum absolute atomic E-state index is 12.1. The third-order valence-electron chi connectivity index (χ3n) is 5.10. The summed E-state index contributed by atoms with van der Waals surface area (Å²) in [4.78, 5) is 0. The van der Waals surface area contributed by atoms with Crippen molar-refractivity contribution in [3.05, 3.63) is 47.5 Å². The Kier molecular flexibility index (Phi) is 7.39. The van der Waals surface area contributed by atoms with Gasteiger partial charge in [0, 0.05) is 0 Å². The molecule has 1 aliphatic carbocycles. The summed E-state index contributed by atoms with van der Waals surface area (Å²) >= 11 is 0. The van der Waals surface area contributed by atoms with E-state index >= 15 is 0 Å². The van der Waals surface area contributed by atoms with Gasteiger partial charge in [0.25, 0.3) is 0 Å². The number of rotatable bonds is 7. The van der Waals surface area contributed by atoms with Crippen LogP contribution in [-0.4, -0.2) is 6.18 Å². The summed E-state index contributed by atoms with van der Waals surface area (Å²) in [6.45, 7) is 2.21. The highest BCUT2D eigenvalue weighted by atomic mass is 19.4. The van der Waals surface area contributed by atoms with Gasteiger partial charge in [0.05, 0.1) is 6.42 Å². The zero-order chi connectivity index (χ0) is 17.4. The number of alkyl halides is 3. The minimum absolute atomic E-state index is 0.551. The van der Waals surface area contributed by atoms with Crippen LogP contribution in [0.15, 0.2) is 36.4 Å². The smallest absolute Gasteiger partial charge is 0.171 e. The molecule has 0 atom stereocenters. The number of unbranched alkanes of at least 4 members (excludes halogenated alkanes) is 1. The monoisotopic (exact) mass is 338 g/mol. The van der Waals surface area contributed by atoms with Crippen LogP contribution in [0.25, 0.3) is 0 Å². The molecule has 0 nitrogen and oxygen atoms in total. The molecule has 1 saturated carbocycles. The molecule has 0 amide bonds. The molecule has 0 heterocycles. The van der Waals surface area contributed by atoms with E-state index in [1.807, 2.05) is 0 Å². The van der Waals surface area contributed by atoms with Crippen molar-refractivity contribution in [3.63, 3.8) is 0 Å². The van der Waals surface area contributed by atoms with Gasteiger partial charge in [-0.15, -0.1) is 0 Å². The van der Waals surface area contributed by atoms with Gasteiger partial charge < -0.3 is 0 Å². The predicted molar refractivity (Wildman–Crippen MR) is 94.2 cm³/mol. The fourth-order valence-electron chi connectivity index (χ4n) is 3.57. The van der Waals surface area contributed by atoms with Gasteiger partial charge in [-0.2, -0.15) is 13.2 Å². The summed E-state index contributed by atoms with van der Waals surface area (Å²) in [7, 11) is 0. The Hall–Kier alpha value is -1.25. The van der Waals surface area contributed by atoms with E-state index in [0.717, 1.165) is 38.5 Å². The minimum atomic E-state index is -4.07. The van der Waals surface area contributed by atoms with E-state index in [0.29, 0.717) is 11.8 Å². The first-order chi connectivity index (χ1) is 11.5. The third-order valence-corrected chi connectivity index (χ3v) is 5.10. The largest absolute Gasteiger partial charge is 0.392 e. The Balaban J connectivity index is 1.74. The summed E-state index contributed by atoms with van der Waals surface area (Å²) in [6.07, 6.45) is 7.11. The van der Waals surface area contributed by atoms with Gasteiger partial charge in [0.2, 0.25) is 0 Å². The average Bonchev–Trinajstić information content (AvgIpc) is 2.57. The highest BCUT2D eigenvalue weighted by Crippen LogP contribution is 2.37. The highest BCUT2D eigenvalue weighted by molar-refractivity contribution is 5.26. The first kappa shape index (κ1) is 19.1. The molecule has 0 spiro atoms. The molecule has 0 aliphatic heterocycles. The van der Waals surface area contributed by atoms with Crippen LogP contribution < -0.4 is 0 Å². The van der Waals surface area contributed by atoms with Crippen molar-refractivity contribution in [1.29, 1.82) is 0 Å². The summed E-state index contributed by atoms with van der Waals surface area (Å²) in [6, 6.07) is 9.08. The Labute approximate surface area is 144 Å². The molecule has 0 bridgehead atoms. The van der Waals surface area contributed by atoms with E-state index in [-0.39, 0.29) is 0 Å². The first-order valence-electron chi connectivity index (χ1n) is 9.28. The number of benzene rings is 1. The molecule has 2 rings (SSSR count). The fraction of sp³-hybridized carbons (Fsp3) is 0.619. The fourth-order valence-corrected chi connectivity index (χ4v) is 3.57. The maximum Gasteiger partial charge on any atom is 0.392 e. The van der Waals surface area contributed by atoms with Gasteiger partial charge in [-0.05, 0) is 67.9 Å². The Morgan fingerprint density at radius 2 is 1.67 bits per heavy atom. The van der Waals surface area contributed by atoms with Crippen molar-refractivity contribution < 1.29 is 13.2 Å². The number of aryl methyl sites for hydroxylation is 1. The zero-order valence-corrected chi connectivity index (χ0v) is 14.6. The van der Waals surface area contributed by atoms with Gasteiger partial charge >= 0.3 is 6.18 Å². The minimum Gasteiger partial charge on any atom is -0.171 e. The lowest BCUT2D eigenvalue weighted by molar-refractivity contribution is -0.125. The van der Waals surface area contributed by atoms with Crippen LogP contribution in [0, 0.1) is 5.92 Å². The second-order valence-electron chi connectivity index (χ2n) is 7.09. The topological polar surface area (TPSA) is 0 Å². The van der Waals surface area contributed by atoms with Gasteiger partial charge in [-0.25, -0.2) is 0 Å². The Bertz CT molecular complexity index is 491. The lowest BCUT2D eigenvalue weighted by Gasteiger charge is -2.28. The van der Waals surface area contributed by atoms with E-state index in [9.17, 15) is 13.2 Å². The molecule has 24 heavy (non-hydrogen) atoms. The first-order valence-corrected chi connectivity index (χ1v) is 9.28. The summed E-state index contributed by atoms with van der Waals surface area (Å²) in [5.74, 6) is 1.18. The molecule has 134 valence electrons. The lowest BCUT2D eigenvalue weighted by atomic mass is 9.77. The SMILES string of the molecule is CCCCc1ccc(C2CCC(C/C=C/CC(F)(F)F)CC2)cc1. The van der Waals surface area contributed by atoms with Crippen molar-refractivity contribution in [2.75, 3.05) is 0 Å². The van der Waals surface area contributed by atoms with Crippen molar-refractivity contribution in [1.82, 2.24) is 0 Å². The highest BCUT2D eigenvalue weighted by Gasteiger charge is 2.25. The summed E-state index contributed by atoms with van der Waals surface area (Å²) < 4.78 is 36.3. The van der Waals surface area contributed by atoms with Crippen molar-refractivity contribution in [3.8, 4) is 0 Å². The molecular weight excluding hydrogens is 309 g/mol. The van der Waals surface area contributed by atoms with E-state index in [4.69, 9.17) is 0 Å². The van der Waals surface area contributed by atoms with Crippen LogP contribution in [0.2, 0.25) is 0 Å². The van der Waals surface area contributed by atoms with Crippen LogP contribution in [0.3, 0.4) is 0 Å². The molecule has 1 aliphatic rings. The van der Waals surface area contributed by atoms with Crippen LogP contribution in [0.5, 0.6) is 0 Å². The molecule has 0 aromatic heterocycles. The summed E-state index contributed by atoms with van der Waals surface area (Å²) in [5, 5.41) is 0. The molecular formula is C21H29F3. The second kappa shape index (κ2) is 9.29. The van der Waals surface area contributed by atoms with E-state index in [1.54, 1.807) is 6.08 Å². The van der Waals surface area contributed by atoms with E-state index < -0.39 is 12.6 Å². The van der Waals surface area contributed by atoms with Crippen LogP contribution in [-0.2, 0) is 6.42 Å². The van der Waals surface area contributed by atoms with Gasteiger partial charge in [-0.3, -0.25) is 0 Å². The summed E-state index contributed by atoms with van der Waals surface area (Å²) in [5.41, 5.74) is 2.85. The van der Waals surface area contributed by atoms with Gasteiger partial charge in [0.15, 0.2) is 0 Å². The van der Waals surface area contributed by atoms with Crippen molar-refractivity contribution in [2.24, 2.45) is 5.92 Å². The van der Waals surface area contributed by atoms with E-state index in [1.165, 1.54) is 30.0 Å². The molecule has 0 N–H and O–H groups in total. The molecule has 0 radical (unpaired) electrons.